The minimum atomic E-state index is -3.55. The maximum absolute atomic E-state index is 12.7. The summed E-state index contributed by atoms with van der Waals surface area (Å²) in [6.07, 6.45) is 0. The van der Waals surface area contributed by atoms with Crippen molar-refractivity contribution >= 4 is 38.3 Å². The first kappa shape index (κ1) is 22.4. The Hall–Kier alpha value is -0.630. The van der Waals surface area contributed by atoms with Crippen LogP contribution in [-0.2, 0) is 10.0 Å². The van der Waals surface area contributed by atoms with Crippen LogP contribution in [-0.4, -0.2) is 42.0 Å². The summed E-state index contributed by atoms with van der Waals surface area (Å²) >= 11 is 7.08. The third-order valence-electron chi connectivity index (χ3n) is 4.15. The van der Waals surface area contributed by atoms with Gasteiger partial charge >= 0.3 is 0 Å². The van der Waals surface area contributed by atoms with Crippen LogP contribution in [0.2, 0.25) is 0 Å². The third-order valence-corrected chi connectivity index (χ3v) is 7.30. The number of thiocarbonyl (C=S) groups is 1. The smallest absolute Gasteiger partial charge is 0.240 e. The van der Waals surface area contributed by atoms with Crippen molar-refractivity contribution < 1.29 is 8.42 Å². The van der Waals surface area contributed by atoms with E-state index < -0.39 is 10.0 Å². The van der Waals surface area contributed by atoms with E-state index in [1.54, 1.807) is 23.9 Å². The van der Waals surface area contributed by atoms with Crippen LogP contribution in [0.15, 0.2) is 29.2 Å². The van der Waals surface area contributed by atoms with Crippen molar-refractivity contribution in [1.82, 2.24) is 9.62 Å². The number of aryl methyl sites for hydroxylation is 1. The van der Waals surface area contributed by atoms with Gasteiger partial charge in [-0.05, 0) is 38.8 Å². The Bertz CT molecular complexity index is 653. The minimum absolute atomic E-state index is 0.0355. The van der Waals surface area contributed by atoms with Crippen molar-refractivity contribution in [3.05, 3.63) is 29.8 Å². The molecule has 0 aliphatic rings. The Labute approximate surface area is 162 Å². The molecular weight excluding hydrogens is 372 g/mol. The van der Waals surface area contributed by atoms with Crippen LogP contribution in [0, 0.1) is 12.8 Å². The normalized spacial score (nSPS) is 14.4. The molecule has 0 saturated carbocycles. The van der Waals surface area contributed by atoms with Crippen LogP contribution in [0.5, 0.6) is 0 Å². The molecule has 7 heteroatoms. The molecule has 0 heterocycles. The van der Waals surface area contributed by atoms with Gasteiger partial charge in [-0.2, -0.15) is 0 Å². The van der Waals surface area contributed by atoms with E-state index in [9.17, 15) is 8.42 Å². The van der Waals surface area contributed by atoms with Crippen molar-refractivity contribution in [2.45, 2.75) is 57.7 Å². The zero-order chi connectivity index (χ0) is 19.2. The van der Waals surface area contributed by atoms with E-state index in [2.05, 4.69) is 23.5 Å². The quantitative estimate of drug-likeness (QED) is 0.665. The highest BCUT2D eigenvalue weighted by Gasteiger charge is 2.28. The van der Waals surface area contributed by atoms with Gasteiger partial charge in [-0.15, -0.1) is 0 Å². The predicted octanol–water partition coefficient (Wildman–Crippen LogP) is 4.05. The molecule has 1 aromatic rings. The van der Waals surface area contributed by atoms with Gasteiger partial charge in [0.25, 0.3) is 0 Å². The summed E-state index contributed by atoms with van der Waals surface area (Å²) in [6.45, 7) is 13.9. The third kappa shape index (κ3) is 6.55. The average molecular weight is 403 g/mol. The van der Waals surface area contributed by atoms with Gasteiger partial charge in [-0.3, -0.25) is 0 Å². The highest BCUT2D eigenvalue weighted by atomic mass is 32.2. The Balaban J connectivity index is 2.92. The lowest BCUT2D eigenvalue weighted by molar-refractivity contribution is 0.444. The monoisotopic (exact) mass is 402 g/mol. The van der Waals surface area contributed by atoms with Gasteiger partial charge in [0.2, 0.25) is 10.0 Å². The summed E-state index contributed by atoms with van der Waals surface area (Å²) in [6, 6.07) is 6.71. The summed E-state index contributed by atoms with van der Waals surface area (Å²) in [4.78, 5) is 2.41. The second kappa shape index (κ2) is 9.90. The van der Waals surface area contributed by atoms with Gasteiger partial charge in [0.1, 0.15) is 4.32 Å². The summed E-state index contributed by atoms with van der Waals surface area (Å²) < 4.78 is 29.2. The van der Waals surface area contributed by atoms with Gasteiger partial charge in [0.15, 0.2) is 0 Å². The van der Waals surface area contributed by atoms with E-state index in [1.807, 2.05) is 39.8 Å². The van der Waals surface area contributed by atoms with Gasteiger partial charge in [-0.25, -0.2) is 13.1 Å². The molecule has 142 valence electrons. The molecule has 2 atom stereocenters. The molecule has 1 rings (SSSR count). The number of rotatable bonds is 8. The molecule has 0 unspecified atom stereocenters. The number of thioether (sulfide) groups is 1. The lowest BCUT2D eigenvalue weighted by Crippen LogP contribution is -2.45. The van der Waals surface area contributed by atoms with Gasteiger partial charge in [-0.1, -0.05) is 62.4 Å². The van der Waals surface area contributed by atoms with E-state index >= 15 is 0 Å². The van der Waals surface area contributed by atoms with E-state index in [0.717, 1.165) is 23.0 Å². The van der Waals surface area contributed by atoms with E-state index in [-0.39, 0.29) is 17.2 Å². The lowest BCUT2D eigenvalue weighted by Gasteiger charge is -2.30. The molecule has 0 aromatic heterocycles. The van der Waals surface area contributed by atoms with E-state index in [0.29, 0.717) is 4.90 Å². The summed E-state index contributed by atoms with van der Waals surface area (Å²) in [5.74, 6) is 0.155. The SMILES string of the molecule is CCN(CC)C(=S)S[C@@H](C)[C@H](NS(=O)(=O)c1ccc(C)cc1)C(C)C. The fourth-order valence-electron chi connectivity index (χ4n) is 2.53. The number of hydrogen-bond acceptors (Lipinski definition) is 4. The molecule has 4 nitrogen and oxygen atoms in total. The highest BCUT2D eigenvalue weighted by molar-refractivity contribution is 8.23. The molecule has 0 aliphatic heterocycles. The first-order valence-corrected chi connectivity index (χ1v) is 11.4. The number of benzene rings is 1. The van der Waals surface area contributed by atoms with Gasteiger partial charge in [0, 0.05) is 24.4 Å². The molecule has 1 aromatic carbocycles. The second-order valence-electron chi connectivity index (χ2n) is 6.47. The first-order chi connectivity index (χ1) is 11.6. The molecule has 0 fully saturated rings. The highest BCUT2D eigenvalue weighted by Crippen LogP contribution is 2.24. The number of sulfonamides is 1. The van der Waals surface area contributed by atoms with Crippen molar-refractivity contribution in [1.29, 1.82) is 0 Å². The fourth-order valence-corrected chi connectivity index (χ4v) is 6.05. The second-order valence-corrected chi connectivity index (χ2v) is 10.2. The van der Waals surface area contributed by atoms with Crippen molar-refractivity contribution in [3.63, 3.8) is 0 Å². The Morgan fingerprint density at radius 2 is 1.68 bits per heavy atom. The van der Waals surface area contributed by atoms with Crippen LogP contribution in [0.4, 0.5) is 0 Å². The zero-order valence-corrected chi connectivity index (χ0v) is 18.4. The van der Waals surface area contributed by atoms with Crippen LogP contribution < -0.4 is 4.72 Å². The maximum atomic E-state index is 12.7. The molecule has 1 N–H and O–H groups in total. The molecule has 0 saturated heterocycles. The fraction of sp³-hybridized carbons (Fsp3) is 0.611. The number of nitrogens with zero attached hydrogens (tertiary/aromatic N) is 1. The molecule has 25 heavy (non-hydrogen) atoms. The van der Waals surface area contributed by atoms with E-state index in [4.69, 9.17) is 12.2 Å². The maximum Gasteiger partial charge on any atom is 0.240 e. The summed E-state index contributed by atoms with van der Waals surface area (Å²) in [7, 11) is -3.55. The molecule has 0 amide bonds. The Morgan fingerprint density at radius 1 is 1.16 bits per heavy atom. The van der Waals surface area contributed by atoms with Crippen LogP contribution in [0.25, 0.3) is 0 Å². The molecule has 0 spiro atoms. The summed E-state index contributed by atoms with van der Waals surface area (Å²) in [5, 5.41) is 0.0355. The zero-order valence-electron chi connectivity index (χ0n) is 15.9. The lowest BCUT2D eigenvalue weighted by atomic mass is 10.0. The van der Waals surface area contributed by atoms with Gasteiger partial charge < -0.3 is 4.90 Å². The Kier molecular flexibility index (Phi) is 8.87. The summed E-state index contributed by atoms with van der Waals surface area (Å²) in [5.41, 5.74) is 1.04. The number of hydrogen-bond donors (Lipinski definition) is 1. The Morgan fingerprint density at radius 3 is 2.12 bits per heavy atom. The number of nitrogens with one attached hydrogen (secondary N) is 1. The molecule has 0 aliphatic carbocycles. The van der Waals surface area contributed by atoms with Crippen molar-refractivity contribution in [2.75, 3.05) is 13.1 Å². The van der Waals surface area contributed by atoms with Crippen molar-refractivity contribution in [3.8, 4) is 0 Å². The standard InChI is InChI=1S/C18H30N2O2S3/c1-7-20(8-2)18(23)24-15(6)17(13(3)4)19-25(21,22)16-11-9-14(5)10-12-16/h9-13,15,17,19H,7-8H2,1-6H3/t15-,17+/m0/s1. The topological polar surface area (TPSA) is 49.4 Å². The predicted molar refractivity (Wildman–Crippen MR) is 113 cm³/mol. The average Bonchev–Trinajstić information content (AvgIpc) is 2.53. The van der Waals surface area contributed by atoms with Crippen LogP contribution in [0.1, 0.15) is 40.2 Å². The van der Waals surface area contributed by atoms with Crippen LogP contribution >= 0.6 is 24.0 Å². The van der Waals surface area contributed by atoms with Gasteiger partial charge in [0.05, 0.1) is 4.90 Å². The van der Waals surface area contributed by atoms with Crippen molar-refractivity contribution in [2.24, 2.45) is 5.92 Å². The molecule has 0 bridgehead atoms. The van der Waals surface area contributed by atoms with E-state index in [1.165, 1.54) is 0 Å². The minimum Gasteiger partial charge on any atom is -0.358 e. The first-order valence-electron chi connectivity index (χ1n) is 8.66. The molecule has 0 radical (unpaired) electrons. The molecular formula is C18H30N2O2S3. The largest absolute Gasteiger partial charge is 0.358 e. The van der Waals surface area contributed by atoms with Crippen LogP contribution in [0.3, 0.4) is 0 Å².